The van der Waals surface area contributed by atoms with E-state index in [0.29, 0.717) is 0 Å². The topological polar surface area (TPSA) is 12.9 Å². The van der Waals surface area contributed by atoms with E-state index < -0.39 is 8.07 Å². The Hall–Kier alpha value is -2.71. The monoisotopic (exact) mass is 393 g/mol. The van der Waals surface area contributed by atoms with Crippen molar-refractivity contribution in [2.75, 3.05) is 0 Å². The minimum absolute atomic E-state index is 0.0759. The van der Waals surface area contributed by atoms with E-state index in [1.807, 2.05) is 6.20 Å². The van der Waals surface area contributed by atoms with Gasteiger partial charge >= 0.3 is 0 Å². The summed E-state index contributed by atoms with van der Waals surface area (Å²) >= 11 is 0. The zero-order valence-corrected chi connectivity index (χ0v) is 18.9. The molecule has 1 nitrogen and oxygen atoms in total. The van der Waals surface area contributed by atoms with Crippen LogP contribution >= 0.6 is 0 Å². The van der Waals surface area contributed by atoms with Crippen LogP contribution in [0.25, 0.3) is 33.2 Å². The molecule has 0 aliphatic heterocycles. The standard InChI is InChI=1S/C27H27NSi/c1-27(2)23-14-13-18-9-6-7-12-21(18)24(23)22-15-16-28-26(25(22)27)19-10-8-11-20(17-19)29(3,4)5/h6-17H,1-5H3. The van der Waals surface area contributed by atoms with E-state index in [9.17, 15) is 0 Å². The summed E-state index contributed by atoms with van der Waals surface area (Å²) in [6, 6.07) is 24.6. The summed E-state index contributed by atoms with van der Waals surface area (Å²) in [5.74, 6) is 0. The van der Waals surface area contributed by atoms with E-state index in [1.165, 1.54) is 43.8 Å². The third-order valence-corrected chi connectivity index (χ3v) is 8.49. The Bertz CT molecular complexity index is 1260. The first-order valence-corrected chi connectivity index (χ1v) is 13.9. The Balaban J connectivity index is 1.82. The van der Waals surface area contributed by atoms with Gasteiger partial charge in [0.25, 0.3) is 0 Å². The van der Waals surface area contributed by atoms with Crippen molar-refractivity contribution in [1.82, 2.24) is 4.98 Å². The van der Waals surface area contributed by atoms with Gasteiger partial charge in [-0.1, -0.05) is 99.3 Å². The van der Waals surface area contributed by atoms with Crippen LogP contribution < -0.4 is 5.19 Å². The van der Waals surface area contributed by atoms with Gasteiger partial charge in [0.1, 0.15) is 0 Å². The quantitative estimate of drug-likeness (QED) is 0.343. The van der Waals surface area contributed by atoms with E-state index in [4.69, 9.17) is 4.98 Å². The van der Waals surface area contributed by atoms with Gasteiger partial charge in [-0.05, 0) is 39.1 Å². The number of fused-ring (bicyclic) bond motifs is 5. The van der Waals surface area contributed by atoms with Crippen molar-refractivity contribution in [3.8, 4) is 22.4 Å². The number of benzene rings is 3. The second kappa shape index (κ2) is 6.14. The molecule has 5 rings (SSSR count). The maximum absolute atomic E-state index is 4.92. The first kappa shape index (κ1) is 18.3. The lowest BCUT2D eigenvalue weighted by molar-refractivity contribution is 0.660. The van der Waals surface area contributed by atoms with Crippen LogP contribution in [0.1, 0.15) is 25.0 Å². The lowest BCUT2D eigenvalue weighted by Gasteiger charge is -2.24. The van der Waals surface area contributed by atoms with Gasteiger partial charge < -0.3 is 0 Å². The van der Waals surface area contributed by atoms with E-state index in [1.54, 1.807) is 0 Å². The predicted molar refractivity (Wildman–Crippen MR) is 128 cm³/mol. The van der Waals surface area contributed by atoms with Crippen LogP contribution in [0.4, 0.5) is 0 Å². The van der Waals surface area contributed by atoms with E-state index >= 15 is 0 Å². The molecule has 0 bridgehead atoms. The van der Waals surface area contributed by atoms with Crippen LogP contribution in [0.2, 0.25) is 19.6 Å². The average Bonchev–Trinajstić information content (AvgIpc) is 2.95. The zero-order valence-electron chi connectivity index (χ0n) is 17.9. The van der Waals surface area contributed by atoms with Crippen molar-refractivity contribution in [2.24, 2.45) is 0 Å². The molecular formula is C27H27NSi. The molecule has 144 valence electrons. The maximum atomic E-state index is 4.92. The second-order valence-electron chi connectivity index (χ2n) is 9.75. The summed E-state index contributed by atoms with van der Waals surface area (Å²) in [6.45, 7) is 11.9. The molecular weight excluding hydrogens is 366 g/mol. The molecule has 3 aromatic carbocycles. The summed E-state index contributed by atoms with van der Waals surface area (Å²) in [5, 5.41) is 4.12. The minimum Gasteiger partial charge on any atom is -0.256 e. The third-order valence-electron chi connectivity index (χ3n) is 6.45. The molecule has 2 heteroatoms. The molecule has 29 heavy (non-hydrogen) atoms. The van der Waals surface area contributed by atoms with Gasteiger partial charge in [-0.2, -0.15) is 0 Å². The molecule has 1 aliphatic rings. The molecule has 0 fully saturated rings. The Morgan fingerprint density at radius 2 is 1.62 bits per heavy atom. The lowest BCUT2D eigenvalue weighted by Crippen LogP contribution is -2.37. The number of pyridine rings is 1. The first-order valence-electron chi connectivity index (χ1n) is 10.4. The predicted octanol–water partition coefficient (Wildman–Crippen LogP) is 6.75. The van der Waals surface area contributed by atoms with Gasteiger partial charge in [0.05, 0.1) is 13.8 Å². The molecule has 0 spiro atoms. The molecule has 0 N–H and O–H groups in total. The smallest absolute Gasteiger partial charge is 0.0776 e. The molecule has 0 saturated carbocycles. The highest BCUT2D eigenvalue weighted by molar-refractivity contribution is 6.88. The highest BCUT2D eigenvalue weighted by atomic mass is 28.3. The summed E-state index contributed by atoms with van der Waals surface area (Å²) in [5.41, 5.74) is 7.78. The van der Waals surface area contributed by atoms with Crippen molar-refractivity contribution in [3.63, 3.8) is 0 Å². The van der Waals surface area contributed by atoms with Gasteiger partial charge in [0, 0.05) is 17.2 Å². The SMILES string of the molecule is CC1(C)c2ccc3ccccc3c2-c2ccnc(-c3cccc([Si](C)(C)C)c3)c21. The van der Waals surface area contributed by atoms with Crippen LogP contribution in [0.5, 0.6) is 0 Å². The fourth-order valence-corrected chi connectivity index (χ4v) is 6.06. The Labute approximate surface area is 174 Å². The van der Waals surface area contributed by atoms with E-state index in [0.717, 1.165) is 5.69 Å². The van der Waals surface area contributed by atoms with Crippen LogP contribution in [-0.4, -0.2) is 13.1 Å². The van der Waals surface area contributed by atoms with Crippen LogP contribution in [-0.2, 0) is 5.41 Å². The Kier molecular flexibility index (Phi) is 3.88. The fraction of sp³-hybridized carbons (Fsp3) is 0.222. The van der Waals surface area contributed by atoms with Crippen molar-refractivity contribution in [3.05, 3.63) is 84.1 Å². The lowest BCUT2D eigenvalue weighted by atomic mass is 9.80. The summed E-state index contributed by atoms with van der Waals surface area (Å²) in [6.07, 6.45) is 1.99. The number of hydrogen-bond acceptors (Lipinski definition) is 1. The average molecular weight is 394 g/mol. The van der Waals surface area contributed by atoms with Crippen LogP contribution in [0, 0.1) is 0 Å². The summed E-state index contributed by atoms with van der Waals surface area (Å²) < 4.78 is 0. The van der Waals surface area contributed by atoms with Crippen LogP contribution in [0.3, 0.4) is 0 Å². The molecule has 0 saturated heterocycles. The van der Waals surface area contributed by atoms with Crippen molar-refractivity contribution >= 4 is 24.0 Å². The normalized spacial score (nSPS) is 14.7. The highest BCUT2D eigenvalue weighted by Gasteiger charge is 2.39. The molecule has 0 atom stereocenters. The first-order chi connectivity index (χ1) is 13.8. The number of hydrogen-bond donors (Lipinski definition) is 0. The van der Waals surface area contributed by atoms with Gasteiger partial charge in [-0.25, -0.2) is 0 Å². The molecule has 0 radical (unpaired) electrons. The Morgan fingerprint density at radius 1 is 0.828 bits per heavy atom. The number of nitrogens with zero attached hydrogens (tertiary/aromatic N) is 1. The Morgan fingerprint density at radius 3 is 2.41 bits per heavy atom. The summed E-state index contributed by atoms with van der Waals surface area (Å²) in [4.78, 5) is 4.92. The minimum atomic E-state index is -1.39. The van der Waals surface area contributed by atoms with Crippen molar-refractivity contribution in [1.29, 1.82) is 0 Å². The van der Waals surface area contributed by atoms with Crippen molar-refractivity contribution < 1.29 is 0 Å². The van der Waals surface area contributed by atoms with E-state index in [-0.39, 0.29) is 5.41 Å². The third kappa shape index (κ3) is 2.70. The molecule has 4 aromatic rings. The van der Waals surface area contributed by atoms with Crippen molar-refractivity contribution in [2.45, 2.75) is 38.9 Å². The van der Waals surface area contributed by atoms with Crippen LogP contribution in [0.15, 0.2) is 72.9 Å². The van der Waals surface area contributed by atoms with Gasteiger partial charge in [-0.15, -0.1) is 0 Å². The molecule has 1 heterocycles. The molecule has 0 unspecified atom stereocenters. The second-order valence-corrected chi connectivity index (χ2v) is 14.8. The molecule has 1 aromatic heterocycles. The fourth-order valence-electron chi connectivity index (χ4n) is 4.87. The largest absolute Gasteiger partial charge is 0.256 e. The van der Waals surface area contributed by atoms with Gasteiger partial charge in [0.15, 0.2) is 0 Å². The highest BCUT2D eigenvalue weighted by Crippen LogP contribution is 2.53. The maximum Gasteiger partial charge on any atom is 0.0776 e. The van der Waals surface area contributed by atoms with E-state index in [2.05, 4.69) is 100 Å². The molecule has 0 amide bonds. The van der Waals surface area contributed by atoms with Gasteiger partial charge in [-0.3, -0.25) is 4.98 Å². The molecule has 1 aliphatic carbocycles. The number of aromatic nitrogens is 1. The zero-order chi connectivity index (χ0) is 20.4. The number of rotatable bonds is 2. The summed E-state index contributed by atoms with van der Waals surface area (Å²) in [7, 11) is -1.39. The van der Waals surface area contributed by atoms with Gasteiger partial charge in [0.2, 0.25) is 0 Å².